The predicted octanol–water partition coefficient (Wildman–Crippen LogP) is 3.41. The van der Waals surface area contributed by atoms with Gasteiger partial charge in [0.1, 0.15) is 6.04 Å². The van der Waals surface area contributed by atoms with Crippen LogP contribution in [0.4, 0.5) is 0 Å². The maximum Gasteiger partial charge on any atom is 0.322 e. The molecular weight excluding hydrogens is 270 g/mol. The van der Waals surface area contributed by atoms with E-state index in [9.17, 15) is 9.90 Å². The second-order valence-corrected chi connectivity index (χ2v) is 7.37. The Kier molecular flexibility index (Phi) is 3.22. The fourth-order valence-corrected chi connectivity index (χ4v) is 4.21. The highest BCUT2D eigenvalue weighted by molar-refractivity contribution is 8.01. The van der Waals surface area contributed by atoms with E-state index in [0.717, 1.165) is 5.56 Å². The molecule has 1 aliphatic rings. The van der Waals surface area contributed by atoms with E-state index < -0.39 is 12.0 Å². The molecular formula is C16H17NO2S. The van der Waals surface area contributed by atoms with Gasteiger partial charge in [0.25, 0.3) is 0 Å². The molecule has 4 heteroatoms. The number of carboxylic acid groups (broad SMARTS) is 1. The zero-order valence-corrected chi connectivity index (χ0v) is 12.3. The van der Waals surface area contributed by atoms with Gasteiger partial charge in [0.05, 0.1) is 5.37 Å². The van der Waals surface area contributed by atoms with Crippen molar-refractivity contribution in [1.82, 2.24) is 5.32 Å². The molecule has 20 heavy (non-hydrogen) atoms. The second kappa shape index (κ2) is 4.79. The molecule has 0 aromatic heterocycles. The van der Waals surface area contributed by atoms with Crippen LogP contribution in [0.2, 0.25) is 0 Å². The number of benzene rings is 2. The first-order chi connectivity index (χ1) is 9.49. The van der Waals surface area contributed by atoms with Crippen molar-refractivity contribution in [3.05, 3.63) is 48.0 Å². The third kappa shape index (κ3) is 2.19. The van der Waals surface area contributed by atoms with Gasteiger partial charge in [-0.1, -0.05) is 42.5 Å². The van der Waals surface area contributed by atoms with Gasteiger partial charge in [0.15, 0.2) is 0 Å². The van der Waals surface area contributed by atoms with Crippen molar-refractivity contribution in [3.63, 3.8) is 0 Å². The molecule has 1 fully saturated rings. The van der Waals surface area contributed by atoms with Gasteiger partial charge in [-0.05, 0) is 30.2 Å². The first-order valence-corrected chi connectivity index (χ1v) is 7.51. The molecule has 2 aromatic carbocycles. The van der Waals surface area contributed by atoms with Gasteiger partial charge in [-0.2, -0.15) is 0 Å². The van der Waals surface area contributed by atoms with Crippen LogP contribution in [0.3, 0.4) is 0 Å². The number of rotatable bonds is 2. The summed E-state index contributed by atoms with van der Waals surface area (Å²) in [5.41, 5.74) is 1.16. The Bertz CT molecular complexity index is 663. The van der Waals surface area contributed by atoms with Crippen LogP contribution in [0.5, 0.6) is 0 Å². The summed E-state index contributed by atoms with van der Waals surface area (Å²) in [7, 11) is 0. The Labute approximate surface area is 122 Å². The molecule has 0 amide bonds. The van der Waals surface area contributed by atoms with Gasteiger partial charge < -0.3 is 5.11 Å². The molecule has 2 N–H and O–H groups in total. The number of hydrogen-bond acceptors (Lipinski definition) is 3. The summed E-state index contributed by atoms with van der Waals surface area (Å²) in [6.45, 7) is 3.96. The highest BCUT2D eigenvalue weighted by Gasteiger charge is 2.45. The fraction of sp³-hybridized carbons (Fsp3) is 0.312. The molecule has 1 aliphatic heterocycles. The number of nitrogens with one attached hydrogen (secondary N) is 1. The smallest absolute Gasteiger partial charge is 0.322 e. The number of carboxylic acids is 1. The summed E-state index contributed by atoms with van der Waals surface area (Å²) in [4.78, 5) is 11.4. The largest absolute Gasteiger partial charge is 0.480 e. The molecule has 3 rings (SSSR count). The van der Waals surface area contributed by atoms with Gasteiger partial charge >= 0.3 is 5.97 Å². The summed E-state index contributed by atoms with van der Waals surface area (Å²) in [6, 6.07) is 13.9. The number of fused-ring (bicyclic) bond motifs is 1. The lowest BCUT2D eigenvalue weighted by Gasteiger charge is -2.20. The zero-order valence-electron chi connectivity index (χ0n) is 11.5. The van der Waals surface area contributed by atoms with Crippen molar-refractivity contribution in [2.24, 2.45) is 0 Å². The average molecular weight is 287 g/mol. The van der Waals surface area contributed by atoms with E-state index in [1.54, 1.807) is 11.8 Å². The Hall–Kier alpha value is -1.52. The van der Waals surface area contributed by atoms with Gasteiger partial charge in [0.2, 0.25) is 0 Å². The van der Waals surface area contributed by atoms with E-state index >= 15 is 0 Å². The molecule has 3 nitrogen and oxygen atoms in total. The highest BCUT2D eigenvalue weighted by Crippen LogP contribution is 2.47. The molecule has 0 bridgehead atoms. The minimum atomic E-state index is -0.787. The lowest BCUT2D eigenvalue weighted by molar-refractivity contribution is -0.139. The monoisotopic (exact) mass is 287 g/mol. The zero-order chi connectivity index (χ0) is 14.3. The van der Waals surface area contributed by atoms with Gasteiger partial charge in [0, 0.05) is 4.75 Å². The van der Waals surface area contributed by atoms with Crippen LogP contribution in [-0.4, -0.2) is 21.9 Å². The van der Waals surface area contributed by atoms with E-state index in [1.807, 2.05) is 32.0 Å². The van der Waals surface area contributed by atoms with Gasteiger partial charge in [-0.15, -0.1) is 11.8 Å². The van der Waals surface area contributed by atoms with Crippen LogP contribution >= 0.6 is 11.8 Å². The van der Waals surface area contributed by atoms with Crippen LogP contribution in [0.15, 0.2) is 42.5 Å². The second-order valence-electron chi connectivity index (χ2n) is 5.61. The Balaban J connectivity index is 2.03. The minimum absolute atomic E-state index is 0.0113. The lowest BCUT2D eigenvalue weighted by Crippen LogP contribution is -2.43. The predicted molar refractivity (Wildman–Crippen MR) is 82.9 cm³/mol. The van der Waals surface area contributed by atoms with Crippen molar-refractivity contribution >= 4 is 28.5 Å². The maximum absolute atomic E-state index is 11.4. The lowest BCUT2D eigenvalue weighted by atomic mass is 10.0. The topological polar surface area (TPSA) is 49.3 Å². The molecule has 0 aliphatic carbocycles. The SMILES string of the molecule is CC1(C)S[C@H](c2cccc3ccccc23)N[C@H]1C(=O)O. The number of hydrogen-bond donors (Lipinski definition) is 2. The van der Waals surface area contributed by atoms with Crippen LogP contribution in [-0.2, 0) is 4.79 Å². The molecule has 2 aromatic rings. The number of carbonyl (C=O) groups is 1. The summed E-state index contributed by atoms with van der Waals surface area (Å²) >= 11 is 1.68. The van der Waals surface area contributed by atoms with Gasteiger partial charge in [-0.25, -0.2) is 0 Å². The van der Waals surface area contributed by atoms with Gasteiger partial charge in [-0.3, -0.25) is 10.1 Å². The van der Waals surface area contributed by atoms with E-state index in [4.69, 9.17) is 0 Å². The maximum atomic E-state index is 11.4. The Morgan fingerprint density at radius 3 is 2.60 bits per heavy atom. The van der Waals surface area contributed by atoms with E-state index in [2.05, 4.69) is 29.6 Å². The van der Waals surface area contributed by atoms with Crippen LogP contribution in [0, 0.1) is 0 Å². The highest BCUT2D eigenvalue weighted by atomic mass is 32.2. The van der Waals surface area contributed by atoms with Crippen LogP contribution in [0.1, 0.15) is 24.8 Å². The summed E-state index contributed by atoms with van der Waals surface area (Å²) in [6.07, 6.45) is 0. The molecule has 2 atom stereocenters. The average Bonchev–Trinajstić information content (AvgIpc) is 2.74. The van der Waals surface area contributed by atoms with Crippen molar-refractivity contribution in [3.8, 4) is 0 Å². The van der Waals surface area contributed by atoms with Crippen molar-refractivity contribution in [2.75, 3.05) is 0 Å². The molecule has 0 spiro atoms. The molecule has 1 saturated heterocycles. The summed E-state index contributed by atoms with van der Waals surface area (Å²) in [5.74, 6) is -0.787. The minimum Gasteiger partial charge on any atom is -0.480 e. The standard InChI is InChI=1S/C16H17NO2S/c1-16(2)13(15(18)19)17-14(20-16)12-9-5-7-10-6-3-4-8-11(10)12/h3-9,13-14,17H,1-2H3,(H,18,19)/t13-,14+/m0/s1. The molecule has 0 unspecified atom stereocenters. The van der Waals surface area contributed by atoms with E-state index in [0.29, 0.717) is 0 Å². The third-order valence-corrected chi connectivity index (χ3v) is 5.26. The number of thioether (sulfide) groups is 1. The molecule has 0 radical (unpaired) electrons. The fourth-order valence-electron chi connectivity index (χ4n) is 2.76. The summed E-state index contributed by atoms with van der Waals surface area (Å²) in [5, 5.41) is 15.0. The Morgan fingerprint density at radius 1 is 1.20 bits per heavy atom. The normalized spacial score (nSPS) is 24.9. The van der Waals surface area contributed by atoms with E-state index in [-0.39, 0.29) is 10.1 Å². The summed E-state index contributed by atoms with van der Waals surface area (Å²) < 4.78 is -0.326. The van der Waals surface area contributed by atoms with E-state index in [1.165, 1.54) is 10.8 Å². The molecule has 0 saturated carbocycles. The van der Waals surface area contributed by atoms with Crippen molar-refractivity contribution in [2.45, 2.75) is 30.0 Å². The quantitative estimate of drug-likeness (QED) is 0.888. The van der Waals surface area contributed by atoms with Crippen LogP contribution in [0.25, 0.3) is 10.8 Å². The van der Waals surface area contributed by atoms with Crippen LogP contribution < -0.4 is 5.32 Å². The molecule has 1 heterocycles. The third-order valence-electron chi connectivity index (χ3n) is 3.79. The molecule has 104 valence electrons. The Morgan fingerprint density at radius 2 is 1.90 bits per heavy atom. The first kappa shape index (κ1) is 13.5. The first-order valence-electron chi connectivity index (χ1n) is 6.63. The van der Waals surface area contributed by atoms with Crippen molar-refractivity contribution in [1.29, 1.82) is 0 Å². The number of aliphatic carboxylic acids is 1. The van der Waals surface area contributed by atoms with Crippen molar-refractivity contribution < 1.29 is 9.90 Å².